The van der Waals surface area contributed by atoms with E-state index in [1.54, 1.807) is 32.2 Å². The summed E-state index contributed by atoms with van der Waals surface area (Å²) in [5.41, 5.74) is 1.11. The molecule has 0 heterocycles. The number of hydrogen-bond acceptors (Lipinski definition) is 3. The molecule has 0 radical (unpaired) electrons. The predicted octanol–water partition coefficient (Wildman–Crippen LogP) is 1.78. The first-order chi connectivity index (χ1) is 7.69. The number of anilines is 1. The predicted molar refractivity (Wildman–Crippen MR) is 67.7 cm³/mol. The molecule has 0 aromatic heterocycles. The molecule has 16 heavy (non-hydrogen) atoms. The Kier molecular flexibility index (Phi) is 4.72. The number of thiocarbonyl (C=S) groups is 1. The van der Waals surface area contributed by atoms with E-state index in [9.17, 15) is 4.79 Å². The number of esters is 1. The fourth-order valence-electron chi connectivity index (χ4n) is 1.16. The van der Waals surface area contributed by atoms with Gasteiger partial charge in [0.05, 0.1) is 17.9 Å². The van der Waals surface area contributed by atoms with Crippen LogP contribution >= 0.6 is 12.2 Å². The van der Waals surface area contributed by atoms with Gasteiger partial charge in [-0.05, 0) is 31.3 Å². The minimum absolute atomic E-state index is 0.351. The summed E-state index contributed by atoms with van der Waals surface area (Å²) >= 11 is 4.97. The fraction of sp³-hybridized carbons (Fsp3) is 0.273. The van der Waals surface area contributed by atoms with E-state index in [2.05, 4.69) is 10.6 Å². The summed E-state index contributed by atoms with van der Waals surface area (Å²) in [7, 11) is 1.71. The second kappa shape index (κ2) is 6.07. The van der Waals surface area contributed by atoms with E-state index in [0.717, 1.165) is 0 Å². The van der Waals surface area contributed by atoms with Crippen molar-refractivity contribution in [1.82, 2.24) is 5.32 Å². The van der Waals surface area contributed by atoms with Crippen molar-refractivity contribution < 1.29 is 9.53 Å². The molecular weight excluding hydrogens is 224 g/mol. The molecule has 4 nitrogen and oxygen atoms in total. The third kappa shape index (κ3) is 3.20. The summed E-state index contributed by atoms with van der Waals surface area (Å²) in [4.78, 5) is 11.6. The lowest BCUT2D eigenvalue weighted by Gasteiger charge is -2.11. The van der Waals surface area contributed by atoms with Gasteiger partial charge < -0.3 is 15.4 Å². The summed E-state index contributed by atoms with van der Waals surface area (Å²) in [6.45, 7) is 2.12. The van der Waals surface area contributed by atoms with Crippen LogP contribution in [-0.4, -0.2) is 24.7 Å². The molecule has 0 aliphatic carbocycles. The highest BCUT2D eigenvalue weighted by atomic mass is 32.1. The number of benzene rings is 1. The van der Waals surface area contributed by atoms with Gasteiger partial charge in [-0.25, -0.2) is 4.79 Å². The Hall–Kier alpha value is -1.62. The highest BCUT2D eigenvalue weighted by Gasteiger charge is 2.11. The zero-order valence-electron chi connectivity index (χ0n) is 9.24. The Morgan fingerprint density at radius 3 is 2.75 bits per heavy atom. The lowest BCUT2D eigenvalue weighted by atomic mass is 10.2. The molecule has 0 aliphatic rings. The van der Waals surface area contributed by atoms with Crippen molar-refractivity contribution in [2.75, 3.05) is 19.0 Å². The standard InChI is InChI=1S/C11H14N2O2S/c1-3-15-10(14)8-6-4-5-7-9(8)13-11(16)12-2/h4-7H,3H2,1-2H3,(H2,12,13,16). The summed E-state index contributed by atoms with van der Waals surface area (Å²) in [6, 6.07) is 7.07. The summed E-state index contributed by atoms with van der Waals surface area (Å²) in [6.07, 6.45) is 0. The van der Waals surface area contributed by atoms with Gasteiger partial charge in [-0.15, -0.1) is 0 Å². The zero-order chi connectivity index (χ0) is 12.0. The second-order valence-electron chi connectivity index (χ2n) is 2.97. The first-order valence-electron chi connectivity index (χ1n) is 4.94. The molecule has 0 saturated heterocycles. The molecule has 1 aromatic carbocycles. The normalized spacial score (nSPS) is 9.38. The van der Waals surface area contributed by atoms with Gasteiger partial charge in [0.1, 0.15) is 0 Å². The minimum atomic E-state index is -0.357. The molecule has 2 N–H and O–H groups in total. The van der Waals surface area contributed by atoms with E-state index in [-0.39, 0.29) is 5.97 Å². The lowest BCUT2D eigenvalue weighted by Crippen LogP contribution is -2.25. The van der Waals surface area contributed by atoms with Gasteiger partial charge in [0, 0.05) is 7.05 Å². The quantitative estimate of drug-likeness (QED) is 0.621. The van der Waals surface area contributed by atoms with Gasteiger partial charge in [0.2, 0.25) is 0 Å². The number of carbonyl (C=O) groups excluding carboxylic acids is 1. The van der Waals surface area contributed by atoms with Crippen LogP contribution in [0.5, 0.6) is 0 Å². The molecule has 0 bridgehead atoms. The van der Waals surface area contributed by atoms with Crippen LogP contribution in [0.3, 0.4) is 0 Å². The van der Waals surface area contributed by atoms with Crippen molar-refractivity contribution in [2.24, 2.45) is 0 Å². The number of hydrogen-bond donors (Lipinski definition) is 2. The summed E-state index contributed by atoms with van der Waals surface area (Å²) < 4.78 is 4.94. The molecule has 0 unspecified atom stereocenters. The molecule has 0 atom stereocenters. The van der Waals surface area contributed by atoms with Gasteiger partial charge in [-0.1, -0.05) is 12.1 Å². The molecule has 1 aromatic rings. The largest absolute Gasteiger partial charge is 0.462 e. The SMILES string of the molecule is CCOC(=O)c1ccccc1NC(=S)NC. The molecule has 0 fully saturated rings. The average molecular weight is 238 g/mol. The number of para-hydroxylation sites is 1. The maximum Gasteiger partial charge on any atom is 0.340 e. The van der Waals surface area contributed by atoms with Gasteiger partial charge in [0.15, 0.2) is 5.11 Å². The van der Waals surface area contributed by atoms with Crippen molar-refractivity contribution in [3.8, 4) is 0 Å². The number of ether oxygens (including phenoxy) is 1. The van der Waals surface area contributed by atoms with Crippen molar-refractivity contribution in [1.29, 1.82) is 0 Å². The van der Waals surface area contributed by atoms with Crippen LogP contribution < -0.4 is 10.6 Å². The van der Waals surface area contributed by atoms with Gasteiger partial charge in [0.25, 0.3) is 0 Å². The average Bonchev–Trinajstić information content (AvgIpc) is 2.30. The Morgan fingerprint density at radius 2 is 2.12 bits per heavy atom. The smallest absolute Gasteiger partial charge is 0.340 e. The van der Waals surface area contributed by atoms with Crippen LogP contribution in [-0.2, 0) is 4.74 Å². The highest BCUT2D eigenvalue weighted by Crippen LogP contribution is 2.15. The molecular formula is C11H14N2O2S. The van der Waals surface area contributed by atoms with Crippen molar-refractivity contribution in [3.63, 3.8) is 0 Å². The third-order valence-corrected chi connectivity index (χ3v) is 2.20. The van der Waals surface area contributed by atoms with Crippen molar-refractivity contribution >= 4 is 29.0 Å². The number of nitrogens with one attached hydrogen (secondary N) is 2. The minimum Gasteiger partial charge on any atom is -0.462 e. The van der Waals surface area contributed by atoms with Crippen LogP contribution in [0.1, 0.15) is 17.3 Å². The van der Waals surface area contributed by atoms with Crippen LogP contribution in [0.2, 0.25) is 0 Å². The molecule has 1 rings (SSSR count). The second-order valence-corrected chi connectivity index (χ2v) is 3.38. The van der Waals surface area contributed by atoms with E-state index < -0.39 is 0 Å². The zero-order valence-corrected chi connectivity index (χ0v) is 10.1. The summed E-state index contributed by atoms with van der Waals surface area (Å²) in [5, 5.41) is 6.15. The van der Waals surface area contributed by atoms with Gasteiger partial charge >= 0.3 is 5.97 Å². The maximum absolute atomic E-state index is 11.6. The molecule has 0 aliphatic heterocycles. The van der Waals surface area contributed by atoms with E-state index in [1.165, 1.54) is 0 Å². The first kappa shape index (κ1) is 12.4. The van der Waals surface area contributed by atoms with Crippen LogP contribution in [0.4, 0.5) is 5.69 Å². The highest BCUT2D eigenvalue weighted by molar-refractivity contribution is 7.80. The van der Waals surface area contributed by atoms with E-state index in [4.69, 9.17) is 17.0 Å². The van der Waals surface area contributed by atoms with E-state index in [1.807, 2.05) is 6.07 Å². The Balaban J connectivity index is 2.91. The third-order valence-electron chi connectivity index (χ3n) is 1.90. The molecule has 0 amide bonds. The Labute approximate surface area is 100.0 Å². The van der Waals surface area contributed by atoms with Crippen LogP contribution in [0, 0.1) is 0 Å². The fourth-order valence-corrected chi connectivity index (χ4v) is 1.27. The van der Waals surface area contributed by atoms with E-state index >= 15 is 0 Å². The first-order valence-corrected chi connectivity index (χ1v) is 5.34. The van der Waals surface area contributed by atoms with Crippen LogP contribution in [0.15, 0.2) is 24.3 Å². The number of rotatable bonds is 3. The molecule has 5 heteroatoms. The monoisotopic (exact) mass is 238 g/mol. The number of carbonyl (C=O) groups is 1. The maximum atomic E-state index is 11.6. The van der Waals surface area contributed by atoms with Gasteiger partial charge in [-0.3, -0.25) is 0 Å². The van der Waals surface area contributed by atoms with Crippen LogP contribution in [0.25, 0.3) is 0 Å². The Bertz CT molecular complexity index is 393. The summed E-state index contributed by atoms with van der Waals surface area (Å²) in [5.74, 6) is -0.357. The molecule has 0 spiro atoms. The molecule has 0 saturated carbocycles. The topological polar surface area (TPSA) is 50.4 Å². The Morgan fingerprint density at radius 1 is 1.44 bits per heavy atom. The lowest BCUT2D eigenvalue weighted by molar-refractivity contribution is 0.0527. The molecule has 86 valence electrons. The van der Waals surface area contributed by atoms with Crippen molar-refractivity contribution in [3.05, 3.63) is 29.8 Å². The van der Waals surface area contributed by atoms with Crippen molar-refractivity contribution in [2.45, 2.75) is 6.92 Å². The van der Waals surface area contributed by atoms with E-state index in [0.29, 0.717) is 23.0 Å². The van der Waals surface area contributed by atoms with Gasteiger partial charge in [-0.2, -0.15) is 0 Å².